The van der Waals surface area contributed by atoms with Crippen LogP contribution in [0.1, 0.15) is 58.3 Å². The molecule has 6 heteroatoms. The molecule has 1 rings (SSSR count). The van der Waals surface area contributed by atoms with E-state index in [1.165, 1.54) is 44.7 Å². The minimum atomic E-state index is -0.549. The van der Waals surface area contributed by atoms with E-state index in [-0.39, 0.29) is 10.8 Å². The zero-order chi connectivity index (χ0) is 14.1. The van der Waals surface area contributed by atoms with E-state index in [4.69, 9.17) is 11.6 Å². The first kappa shape index (κ1) is 16.0. The van der Waals surface area contributed by atoms with Crippen molar-refractivity contribution in [3.05, 3.63) is 21.3 Å². The van der Waals surface area contributed by atoms with Crippen molar-refractivity contribution in [1.82, 2.24) is 9.78 Å². The van der Waals surface area contributed by atoms with Gasteiger partial charge in [-0.2, -0.15) is 4.68 Å². The second kappa shape index (κ2) is 8.91. The Labute approximate surface area is 119 Å². The lowest BCUT2D eigenvalue weighted by Gasteiger charge is -2.00. The molecule has 0 N–H and O–H groups in total. The van der Waals surface area contributed by atoms with E-state index in [0.717, 1.165) is 12.8 Å². The van der Waals surface area contributed by atoms with Crippen molar-refractivity contribution < 1.29 is 4.92 Å². The fourth-order valence-corrected chi connectivity index (χ4v) is 2.25. The number of halogens is 1. The largest absolute Gasteiger partial charge is 0.408 e. The highest BCUT2D eigenvalue weighted by atomic mass is 35.5. The maximum Gasteiger partial charge on any atom is 0.408 e. The molecule has 0 spiro atoms. The smallest absolute Gasteiger partial charge is 0.358 e. The first-order valence-electron chi connectivity index (χ1n) is 7.02. The zero-order valence-corrected chi connectivity index (χ0v) is 12.2. The lowest BCUT2D eigenvalue weighted by atomic mass is 10.1. The summed E-state index contributed by atoms with van der Waals surface area (Å²) < 4.78 is 1.57. The molecule has 108 valence electrons. The average Bonchev–Trinajstić information content (AvgIpc) is 2.74. The summed E-state index contributed by atoms with van der Waals surface area (Å²) in [5.74, 6) is -0.249. The van der Waals surface area contributed by atoms with Crippen LogP contribution in [0.2, 0.25) is 5.02 Å². The van der Waals surface area contributed by atoms with E-state index in [9.17, 15) is 10.1 Å². The van der Waals surface area contributed by atoms with Crippen LogP contribution in [0.15, 0.2) is 6.20 Å². The lowest BCUT2D eigenvalue weighted by Crippen LogP contribution is -1.99. The molecule has 0 radical (unpaired) electrons. The number of aromatic nitrogens is 2. The molecule has 0 aliphatic carbocycles. The van der Waals surface area contributed by atoms with Gasteiger partial charge in [0.15, 0.2) is 5.02 Å². The van der Waals surface area contributed by atoms with Crippen molar-refractivity contribution in [2.45, 2.75) is 64.8 Å². The van der Waals surface area contributed by atoms with Gasteiger partial charge in [-0.3, -0.25) is 0 Å². The van der Waals surface area contributed by atoms with Gasteiger partial charge in [0.05, 0.1) is 17.8 Å². The Hall–Kier alpha value is -1.10. The second-order valence-electron chi connectivity index (χ2n) is 4.80. The molecule has 0 bridgehead atoms. The standard InChI is InChI=1S/C13H22ClN3O2/c1-2-3-4-5-6-7-8-9-10-16-11-12(14)13(15-16)17(18)19/h11H,2-10H2,1H3. The van der Waals surface area contributed by atoms with Crippen molar-refractivity contribution in [2.24, 2.45) is 0 Å². The molecule has 0 aliphatic heterocycles. The van der Waals surface area contributed by atoms with E-state index < -0.39 is 4.92 Å². The Morgan fingerprint density at radius 2 is 1.79 bits per heavy atom. The van der Waals surface area contributed by atoms with Crippen LogP contribution in [0.4, 0.5) is 5.82 Å². The van der Waals surface area contributed by atoms with E-state index >= 15 is 0 Å². The van der Waals surface area contributed by atoms with E-state index in [0.29, 0.717) is 6.54 Å². The topological polar surface area (TPSA) is 61.0 Å². The molecule has 5 nitrogen and oxygen atoms in total. The van der Waals surface area contributed by atoms with E-state index in [2.05, 4.69) is 12.0 Å². The average molecular weight is 288 g/mol. The summed E-state index contributed by atoms with van der Waals surface area (Å²) >= 11 is 5.73. The number of nitro groups is 1. The third-order valence-corrected chi connectivity index (χ3v) is 3.38. The van der Waals surface area contributed by atoms with Crippen molar-refractivity contribution >= 4 is 17.4 Å². The van der Waals surface area contributed by atoms with Gasteiger partial charge in [-0.05, 0) is 11.3 Å². The van der Waals surface area contributed by atoms with Crippen LogP contribution in [-0.2, 0) is 6.54 Å². The van der Waals surface area contributed by atoms with Gasteiger partial charge in [-0.15, -0.1) is 0 Å². The summed E-state index contributed by atoms with van der Waals surface area (Å²) in [5.41, 5.74) is 0. The molecule has 0 aliphatic rings. The molecule has 0 amide bonds. The molecular weight excluding hydrogens is 266 g/mol. The number of aryl methyl sites for hydroxylation is 1. The fourth-order valence-electron chi connectivity index (χ4n) is 2.03. The first-order chi connectivity index (χ1) is 9.15. The van der Waals surface area contributed by atoms with Gasteiger partial charge in [-0.25, -0.2) is 0 Å². The number of hydrogen-bond acceptors (Lipinski definition) is 3. The number of unbranched alkanes of at least 4 members (excludes halogenated alkanes) is 7. The zero-order valence-electron chi connectivity index (χ0n) is 11.5. The molecule has 0 aromatic carbocycles. The molecule has 1 aromatic heterocycles. The van der Waals surface area contributed by atoms with Crippen molar-refractivity contribution in [2.75, 3.05) is 0 Å². The van der Waals surface area contributed by atoms with Crippen LogP contribution in [0.3, 0.4) is 0 Å². The van der Waals surface area contributed by atoms with Gasteiger partial charge < -0.3 is 10.1 Å². The molecule has 0 atom stereocenters. The Kier molecular flexibility index (Phi) is 7.48. The van der Waals surface area contributed by atoms with Gasteiger partial charge in [-0.1, -0.05) is 63.5 Å². The van der Waals surface area contributed by atoms with Crippen LogP contribution in [0.5, 0.6) is 0 Å². The van der Waals surface area contributed by atoms with Crippen molar-refractivity contribution in [1.29, 1.82) is 0 Å². The van der Waals surface area contributed by atoms with Crippen LogP contribution in [0, 0.1) is 10.1 Å². The molecular formula is C13H22ClN3O2. The van der Waals surface area contributed by atoms with Crippen LogP contribution < -0.4 is 0 Å². The summed E-state index contributed by atoms with van der Waals surface area (Å²) in [6.07, 6.45) is 11.4. The predicted molar refractivity (Wildman–Crippen MR) is 76.5 cm³/mol. The number of rotatable bonds is 10. The maximum atomic E-state index is 10.6. The Balaban J connectivity index is 2.12. The minimum absolute atomic E-state index is 0.115. The van der Waals surface area contributed by atoms with Crippen molar-refractivity contribution in [3.63, 3.8) is 0 Å². The van der Waals surface area contributed by atoms with Gasteiger partial charge >= 0.3 is 5.82 Å². The third-order valence-electron chi connectivity index (χ3n) is 3.11. The summed E-state index contributed by atoms with van der Waals surface area (Å²) in [7, 11) is 0. The Morgan fingerprint density at radius 1 is 1.21 bits per heavy atom. The Bertz CT molecular complexity index is 393. The van der Waals surface area contributed by atoms with Crippen LogP contribution in [-0.4, -0.2) is 14.7 Å². The van der Waals surface area contributed by atoms with Crippen molar-refractivity contribution in [3.8, 4) is 0 Å². The maximum absolute atomic E-state index is 10.6. The molecule has 0 saturated carbocycles. The second-order valence-corrected chi connectivity index (χ2v) is 5.20. The van der Waals surface area contributed by atoms with E-state index in [1.54, 1.807) is 4.68 Å². The minimum Gasteiger partial charge on any atom is -0.358 e. The molecule has 1 aromatic rings. The first-order valence-corrected chi connectivity index (χ1v) is 7.40. The molecule has 0 saturated heterocycles. The highest BCUT2D eigenvalue weighted by molar-refractivity contribution is 6.32. The Morgan fingerprint density at radius 3 is 2.32 bits per heavy atom. The van der Waals surface area contributed by atoms with Crippen LogP contribution >= 0.6 is 11.6 Å². The quantitative estimate of drug-likeness (QED) is 0.359. The summed E-state index contributed by atoms with van der Waals surface area (Å²) in [4.78, 5) is 10.0. The monoisotopic (exact) mass is 287 g/mol. The highest BCUT2D eigenvalue weighted by Crippen LogP contribution is 2.21. The predicted octanol–water partition coefficient (Wildman–Crippen LogP) is 4.59. The van der Waals surface area contributed by atoms with Crippen LogP contribution in [0.25, 0.3) is 0 Å². The summed E-state index contributed by atoms with van der Waals surface area (Å²) in [6, 6.07) is 0. The third kappa shape index (κ3) is 6.05. The van der Waals surface area contributed by atoms with Gasteiger partial charge in [0.2, 0.25) is 0 Å². The molecule has 0 unspecified atom stereocenters. The van der Waals surface area contributed by atoms with Gasteiger partial charge in [0, 0.05) is 0 Å². The highest BCUT2D eigenvalue weighted by Gasteiger charge is 2.18. The SMILES string of the molecule is CCCCCCCCCCn1cc(Cl)c([N+](=O)[O-])n1. The van der Waals surface area contributed by atoms with Gasteiger partial charge in [0.1, 0.15) is 0 Å². The normalized spacial score (nSPS) is 10.8. The lowest BCUT2D eigenvalue weighted by molar-refractivity contribution is -0.389. The fraction of sp³-hybridized carbons (Fsp3) is 0.769. The summed E-state index contributed by atoms with van der Waals surface area (Å²) in [5, 5.41) is 14.6. The van der Waals surface area contributed by atoms with Gasteiger partial charge in [0.25, 0.3) is 0 Å². The molecule has 19 heavy (non-hydrogen) atoms. The van der Waals surface area contributed by atoms with E-state index in [1.807, 2.05) is 0 Å². The summed E-state index contributed by atoms with van der Waals surface area (Å²) in [6.45, 7) is 2.91. The number of nitrogens with zero attached hydrogens (tertiary/aromatic N) is 3. The molecule has 1 heterocycles. The molecule has 0 fully saturated rings. The number of hydrogen-bond donors (Lipinski definition) is 0.